The van der Waals surface area contributed by atoms with Crippen molar-refractivity contribution in [2.24, 2.45) is 6.98 Å². The zero-order valence-corrected chi connectivity index (χ0v) is 15.9. The van der Waals surface area contributed by atoms with Crippen molar-refractivity contribution in [1.29, 1.82) is 0 Å². The zero-order valence-electron chi connectivity index (χ0n) is 20.2. The van der Waals surface area contributed by atoms with Crippen LogP contribution in [0.5, 0.6) is 0 Å². The minimum atomic E-state index is -2.58. The fraction of sp³-hybridized carbons (Fsp3) is 0.136. The fourth-order valence-corrected chi connectivity index (χ4v) is 3.70. The van der Waals surface area contributed by atoms with E-state index in [0.717, 1.165) is 21.7 Å². The van der Waals surface area contributed by atoms with E-state index in [0.29, 0.717) is 5.56 Å². The molecule has 150 valence electrons. The van der Waals surface area contributed by atoms with Gasteiger partial charge in [-0.3, -0.25) is 14.5 Å². The normalized spacial score (nSPS) is 17.9. The number of nitrogens with zero attached hydrogens (tertiary/aromatic N) is 4. The minimum absolute atomic E-state index is 0.0322. The number of pyridine rings is 1. The molecule has 0 spiro atoms. The third kappa shape index (κ3) is 2.93. The number of carbonyl (C=O) groups excluding carboxylic acids is 1. The first kappa shape index (κ1) is 13.8. The molecular weight excluding hydrogens is 410 g/mol. The molecule has 30 heavy (non-hydrogen) atoms. The summed E-state index contributed by atoms with van der Waals surface area (Å²) < 4.78 is 70.3. The quantitative estimate of drug-likeness (QED) is 0.473. The van der Waals surface area contributed by atoms with Crippen molar-refractivity contribution in [2.45, 2.75) is 13.0 Å². The summed E-state index contributed by atoms with van der Waals surface area (Å²) in [4.78, 5) is 17.4. The highest BCUT2D eigenvalue weighted by Crippen LogP contribution is 2.34. The Hall–Kier alpha value is -3.32. The van der Waals surface area contributed by atoms with E-state index >= 15 is 8.78 Å². The summed E-state index contributed by atoms with van der Waals surface area (Å²) in [5.74, 6) is -2.73. The molecule has 2 aromatic heterocycles. The number of rotatable bonds is 3. The number of aryl methyl sites for hydroxylation is 1. The van der Waals surface area contributed by atoms with Crippen LogP contribution in [-0.4, -0.2) is 25.6 Å². The molecule has 0 radical (unpaired) electrons. The summed E-state index contributed by atoms with van der Waals surface area (Å²) in [6.45, 7) is -5.59. The van der Waals surface area contributed by atoms with Crippen molar-refractivity contribution in [3.8, 4) is 11.1 Å². The first-order valence-electron chi connectivity index (χ1n) is 11.3. The Kier molecular flexibility index (Phi) is 3.17. The van der Waals surface area contributed by atoms with Crippen LogP contribution in [0.4, 0.5) is 8.78 Å². The molecule has 2 aromatic carbocycles. The largest absolute Gasteiger partial charge is 0.328 e. The van der Waals surface area contributed by atoms with Crippen LogP contribution in [0, 0.1) is 11.6 Å². The van der Waals surface area contributed by atoms with Crippen molar-refractivity contribution in [3.63, 3.8) is 0 Å². The SMILES string of the molecule is [2H]C1([2H])c2ncccc2C(=O)N1Cc1c(F)cc(-c2ccc(Cl)c3nn(C([2H])([2H])[2H])cc23)cc1F. The molecule has 4 aromatic rings. The molecule has 0 N–H and O–H groups in total. The number of fused-ring (bicyclic) bond motifs is 2. The van der Waals surface area contributed by atoms with Gasteiger partial charge < -0.3 is 4.90 Å². The number of hydrogen-bond donors (Lipinski definition) is 0. The first-order valence-corrected chi connectivity index (χ1v) is 9.21. The summed E-state index contributed by atoms with van der Waals surface area (Å²) in [7, 11) is 0. The lowest BCUT2D eigenvalue weighted by atomic mass is 9.99. The molecule has 0 fully saturated rings. The van der Waals surface area contributed by atoms with Gasteiger partial charge in [-0.2, -0.15) is 5.10 Å². The van der Waals surface area contributed by atoms with Gasteiger partial charge in [-0.15, -0.1) is 0 Å². The second kappa shape index (κ2) is 6.88. The van der Waals surface area contributed by atoms with Gasteiger partial charge in [-0.25, -0.2) is 8.78 Å². The second-order valence-electron chi connectivity index (χ2n) is 6.75. The van der Waals surface area contributed by atoms with Crippen molar-refractivity contribution < 1.29 is 20.4 Å². The highest BCUT2D eigenvalue weighted by molar-refractivity contribution is 6.35. The third-order valence-electron chi connectivity index (χ3n) is 4.92. The van der Waals surface area contributed by atoms with Crippen LogP contribution in [0.25, 0.3) is 22.0 Å². The van der Waals surface area contributed by atoms with Crippen LogP contribution >= 0.6 is 11.6 Å². The Labute approximate surface area is 182 Å². The maximum absolute atomic E-state index is 15.2. The summed E-state index contributed by atoms with van der Waals surface area (Å²) in [6.07, 6.45) is 2.57. The standard InChI is InChI=1S/C22H15ClF2N4O/c1-28-9-15-13(4-5-17(23)21(15)27-28)12-7-18(24)16(19(25)8-12)10-29-11-20-14(22(29)30)3-2-6-26-20/h2-9H,10-11H2,1H3/i1D3,11D2. The molecule has 1 amide bonds. The van der Waals surface area contributed by atoms with E-state index in [9.17, 15) is 4.79 Å². The van der Waals surface area contributed by atoms with E-state index in [1.165, 1.54) is 36.7 Å². The maximum atomic E-state index is 15.2. The van der Waals surface area contributed by atoms with Gasteiger partial charge in [0.1, 0.15) is 17.2 Å². The average molecular weight is 430 g/mol. The van der Waals surface area contributed by atoms with Crippen LogP contribution in [0.1, 0.15) is 28.5 Å². The van der Waals surface area contributed by atoms with Gasteiger partial charge in [0.2, 0.25) is 0 Å². The van der Waals surface area contributed by atoms with Crippen LogP contribution in [-0.2, 0) is 20.0 Å². The molecule has 5 nitrogen and oxygen atoms in total. The van der Waals surface area contributed by atoms with Crippen LogP contribution in [0.2, 0.25) is 5.02 Å². The Morgan fingerprint density at radius 2 is 2.03 bits per heavy atom. The Bertz CT molecular complexity index is 1500. The minimum Gasteiger partial charge on any atom is -0.328 e. The van der Waals surface area contributed by atoms with Gasteiger partial charge in [0, 0.05) is 34.4 Å². The predicted molar refractivity (Wildman–Crippen MR) is 109 cm³/mol. The molecule has 1 aliphatic heterocycles. The predicted octanol–water partition coefficient (Wildman–Crippen LogP) is 4.72. The molecule has 0 saturated heterocycles. The summed E-state index contributed by atoms with van der Waals surface area (Å²) in [5.41, 5.74) is -0.0276. The van der Waals surface area contributed by atoms with E-state index in [1.807, 2.05) is 0 Å². The van der Waals surface area contributed by atoms with E-state index < -0.39 is 43.1 Å². The van der Waals surface area contributed by atoms with E-state index in [2.05, 4.69) is 10.1 Å². The molecule has 0 bridgehead atoms. The van der Waals surface area contributed by atoms with Crippen LogP contribution in [0.15, 0.2) is 48.8 Å². The molecule has 3 heterocycles. The zero-order chi connectivity index (χ0) is 25.3. The number of halogens is 3. The fourth-order valence-electron chi connectivity index (χ4n) is 3.49. The van der Waals surface area contributed by atoms with Gasteiger partial charge >= 0.3 is 0 Å². The Morgan fingerprint density at radius 1 is 1.23 bits per heavy atom. The lowest BCUT2D eigenvalue weighted by Crippen LogP contribution is -2.24. The molecule has 1 aliphatic rings. The second-order valence-corrected chi connectivity index (χ2v) is 7.16. The highest BCUT2D eigenvalue weighted by Gasteiger charge is 2.29. The lowest BCUT2D eigenvalue weighted by molar-refractivity contribution is 0.0763. The lowest BCUT2D eigenvalue weighted by Gasteiger charge is -2.17. The van der Waals surface area contributed by atoms with E-state index in [4.69, 9.17) is 18.5 Å². The number of hydrogen-bond acceptors (Lipinski definition) is 3. The van der Waals surface area contributed by atoms with Gasteiger partial charge in [-0.1, -0.05) is 17.7 Å². The van der Waals surface area contributed by atoms with Crippen LogP contribution < -0.4 is 0 Å². The van der Waals surface area contributed by atoms with Gasteiger partial charge in [0.25, 0.3) is 5.91 Å². The third-order valence-corrected chi connectivity index (χ3v) is 5.22. The molecule has 0 atom stereocenters. The van der Waals surface area contributed by atoms with Gasteiger partial charge in [-0.05, 0) is 41.5 Å². The highest BCUT2D eigenvalue weighted by atomic mass is 35.5. The number of carbonyl (C=O) groups is 1. The molecule has 0 unspecified atom stereocenters. The number of amides is 1. The molecular formula is C22H15ClF2N4O. The average Bonchev–Trinajstić information content (AvgIpc) is 3.32. The molecule has 0 saturated carbocycles. The van der Waals surface area contributed by atoms with Crippen molar-refractivity contribution in [3.05, 3.63) is 82.3 Å². The molecule has 8 heteroatoms. The maximum Gasteiger partial charge on any atom is 0.256 e. The Balaban J connectivity index is 1.56. The molecule has 0 aliphatic carbocycles. The summed E-state index contributed by atoms with van der Waals surface area (Å²) >= 11 is 6.16. The summed E-state index contributed by atoms with van der Waals surface area (Å²) in [6, 6.07) is 7.90. The smallest absolute Gasteiger partial charge is 0.256 e. The van der Waals surface area contributed by atoms with Gasteiger partial charge in [0.15, 0.2) is 0 Å². The Morgan fingerprint density at radius 3 is 2.77 bits per heavy atom. The topological polar surface area (TPSA) is 51.0 Å². The van der Waals surface area contributed by atoms with Crippen molar-refractivity contribution in [1.82, 2.24) is 19.7 Å². The number of benzene rings is 2. The van der Waals surface area contributed by atoms with Crippen LogP contribution in [0.3, 0.4) is 0 Å². The monoisotopic (exact) mass is 429 g/mol. The van der Waals surface area contributed by atoms with Gasteiger partial charge in [0.05, 0.1) is 32.1 Å². The van der Waals surface area contributed by atoms with Crippen molar-refractivity contribution >= 4 is 28.4 Å². The van der Waals surface area contributed by atoms with Crippen molar-refractivity contribution in [2.75, 3.05) is 0 Å². The first-order chi connectivity index (χ1) is 16.4. The molecule has 5 rings (SSSR count). The van der Waals surface area contributed by atoms with E-state index in [1.54, 1.807) is 0 Å². The number of aromatic nitrogens is 3. The summed E-state index contributed by atoms with van der Waals surface area (Å²) in [5, 5.41) is 4.45. The van der Waals surface area contributed by atoms with E-state index in [-0.39, 0.29) is 32.7 Å².